The zero-order valence-electron chi connectivity index (χ0n) is 14.8. The van der Waals surface area contributed by atoms with Gasteiger partial charge in [0, 0.05) is 0 Å². The van der Waals surface area contributed by atoms with E-state index >= 15 is 0 Å². The van der Waals surface area contributed by atoms with E-state index in [4.69, 9.17) is 9.72 Å². The van der Waals surface area contributed by atoms with Gasteiger partial charge >= 0.3 is 0 Å². The Morgan fingerprint density at radius 2 is 1.93 bits per heavy atom. The van der Waals surface area contributed by atoms with Gasteiger partial charge in [-0.05, 0) is 65.7 Å². The molecule has 136 valence electrons. The summed E-state index contributed by atoms with van der Waals surface area (Å²) in [6.07, 6.45) is 0.340. The van der Waals surface area contributed by atoms with E-state index in [2.05, 4.69) is 0 Å². The fourth-order valence-electron chi connectivity index (χ4n) is 2.82. The molecule has 4 aromatic rings. The van der Waals surface area contributed by atoms with Crippen molar-refractivity contribution in [2.75, 3.05) is 11.5 Å². The molecule has 0 atom stereocenters. The number of benzene rings is 2. The van der Waals surface area contributed by atoms with Crippen molar-refractivity contribution in [2.45, 2.75) is 13.3 Å². The number of anilines is 2. The monoisotopic (exact) mass is 394 g/mol. The van der Waals surface area contributed by atoms with Crippen LogP contribution in [0, 0.1) is 0 Å². The lowest BCUT2D eigenvalue weighted by molar-refractivity contribution is -0.117. The van der Waals surface area contributed by atoms with Crippen LogP contribution in [0.25, 0.3) is 10.2 Å². The topological polar surface area (TPSA) is 42.4 Å². The first-order valence-corrected chi connectivity index (χ1v) is 10.4. The Bertz CT molecular complexity index is 1010. The van der Waals surface area contributed by atoms with E-state index in [1.807, 2.05) is 72.3 Å². The van der Waals surface area contributed by atoms with Crippen molar-refractivity contribution in [2.24, 2.45) is 0 Å². The van der Waals surface area contributed by atoms with Gasteiger partial charge in [-0.25, -0.2) is 4.98 Å². The Labute approximate surface area is 165 Å². The van der Waals surface area contributed by atoms with Crippen molar-refractivity contribution >= 4 is 49.6 Å². The number of thiophene rings is 1. The van der Waals surface area contributed by atoms with E-state index in [-0.39, 0.29) is 5.91 Å². The lowest BCUT2D eigenvalue weighted by Gasteiger charge is -2.20. The predicted octanol–water partition coefficient (Wildman–Crippen LogP) is 5.66. The maximum atomic E-state index is 13.2. The number of carbonyl (C=O) groups excluding carboxylic acids is 1. The summed E-state index contributed by atoms with van der Waals surface area (Å²) in [6, 6.07) is 17.5. The quantitative estimate of drug-likeness (QED) is 0.423. The van der Waals surface area contributed by atoms with Gasteiger partial charge in [-0.2, -0.15) is 11.3 Å². The largest absolute Gasteiger partial charge is 0.494 e. The first-order chi connectivity index (χ1) is 13.2. The minimum atomic E-state index is -0.00313. The Morgan fingerprint density at radius 3 is 2.63 bits per heavy atom. The van der Waals surface area contributed by atoms with Gasteiger partial charge in [-0.15, -0.1) is 0 Å². The lowest BCUT2D eigenvalue weighted by atomic mass is 10.2. The first kappa shape index (κ1) is 17.7. The highest BCUT2D eigenvalue weighted by Gasteiger charge is 2.22. The minimum Gasteiger partial charge on any atom is -0.494 e. The number of rotatable bonds is 6. The molecule has 4 nitrogen and oxygen atoms in total. The molecule has 0 saturated heterocycles. The molecule has 2 heterocycles. The molecule has 0 unspecified atom stereocenters. The number of aromatic nitrogens is 1. The van der Waals surface area contributed by atoms with E-state index in [1.165, 1.54) is 11.3 Å². The smallest absolute Gasteiger partial charge is 0.237 e. The standard InChI is InChI=1S/C21H18N2O2S2/c1-2-25-17-9-7-16(8-10-17)23(20(24)13-15-11-12-26-14-15)21-22-18-5-3-4-6-19(18)27-21/h3-12,14H,2,13H2,1H3. The molecule has 0 fully saturated rings. The second-order valence-electron chi connectivity index (χ2n) is 5.93. The van der Waals surface area contributed by atoms with Gasteiger partial charge in [-0.3, -0.25) is 9.69 Å². The summed E-state index contributed by atoms with van der Waals surface area (Å²) in [5.41, 5.74) is 2.71. The number of ether oxygens (including phenoxy) is 1. The molecule has 0 N–H and O–H groups in total. The van der Waals surface area contributed by atoms with Crippen LogP contribution in [0.4, 0.5) is 10.8 Å². The first-order valence-electron chi connectivity index (χ1n) is 8.67. The molecule has 2 aromatic carbocycles. The third-order valence-electron chi connectivity index (χ3n) is 4.06. The summed E-state index contributed by atoms with van der Waals surface area (Å²) in [4.78, 5) is 19.6. The van der Waals surface area contributed by atoms with Crippen LogP contribution in [0.3, 0.4) is 0 Å². The SMILES string of the molecule is CCOc1ccc(N(C(=O)Cc2ccsc2)c2nc3ccccc3s2)cc1. The lowest BCUT2D eigenvalue weighted by Crippen LogP contribution is -2.27. The Balaban J connectivity index is 1.72. The number of para-hydroxylation sites is 1. The molecule has 27 heavy (non-hydrogen) atoms. The highest BCUT2D eigenvalue weighted by atomic mass is 32.1. The molecule has 0 aliphatic carbocycles. The van der Waals surface area contributed by atoms with Gasteiger partial charge in [0.15, 0.2) is 5.13 Å². The van der Waals surface area contributed by atoms with Crippen LogP contribution < -0.4 is 9.64 Å². The van der Waals surface area contributed by atoms with Crippen molar-refractivity contribution in [3.05, 3.63) is 70.9 Å². The average molecular weight is 395 g/mol. The molecular formula is C21H18N2O2S2. The number of hydrogen-bond acceptors (Lipinski definition) is 5. The van der Waals surface area contributed by atoms with Crippen LogP contribution in [-0.2, 0) is 11.2 Å². The van der Waals surface area contributed by atoms with Gasteiger partial charge in [-0.1, -0.05) is 23.5 Å². The summed E-state index contributed by atoms with van der Waals surface area (Å²) >= 11 is 3.12. The molecule has 0 saturated carbocycles. The van der Waals surface area contributed by atoms with Crippen molar-refractivity contribution < 1.29 is 9.53 Å². The highest BCUT2D eigenvalue weighted by molar-refractivity contribution is 7.22. The van der Waals surface area contributed by atoms with Crippen LogP contribution >= 0.6 is 22.7 Å². The van der Waals surface area contributed by atoms with Gasteiger partial charge in [0.25, 0.3) is 0 Å². The van der Waals surface area contributed by atoms with Crippen molar-refractivity contribution in [3.63, 3.8) is 0 Å². The molecule has 1 amide bonds. The minimum absolute atomic E-state index is 0.00313. The summed E-state index contributed by atoms with van der Waals surface area (Å²) < 4.78 is 6.59. The summed E-state index contributed by atoms with van der Waals surface area (Å²) in [5, 5.41) is 4.68. The number of carbonyl (C=O) groups is 1. The van der Waals surface area contributed by atoms with E-state index < -0.39 is 0 Å². The van der Waals surface area contributed by atoms with Gasteiger partial charge in [0.05, 0.1) is 28.9 Å². The van der Waals surface area contributed by atoms with Gasteiger partial charge in [0.1, 0.15) is 5.75 Å². The maximum absolute atomic E-state index is 13.2. The van der Waals surface area contributed by atoms with Crippen LogP contribution in [-0.4, -0.2) is 17.5 Å². The van der Waals surface area contributed by atoms with Crippen molar-refractivity contribution in [1.82, 2.24) is 4.98 Å². The van der Waals surface area contributed by atoms with E-state index in [0.717, 1.165) is 27.2 Å². The molecular weight excluding hydrogens is 376 g/mol. The molecule has 4 rings (SSSR count). The fraction of sp³-hybridized carbons (Fsp3) is 0.143. The van der Waals surface area contributed by atoms with E-state index in [1.54, 1.807) is 16.2 Å². The van der Waals surface area contributed by atoms with Gasteiger partial charge in [0.2, 0.25) is 5.91 Å². The van der Waals surface area contributed by atoms with Gasteiger partial charge < -0.3 is 4.74 Å². The Kier molecular flexibility index (Phi) is 5.18. The molecule has 0 aliphatic heterocycles. The van der Waals surface area contributed by atoms with E-state index in [9.17, 15) is 4.79 Å². The summed E-state index contributed by atoms with van der Waals surface area (Å²) in [7, 11) is 0. The Hall–Kier alpha value is -2.70. The molecule has 2 aromatic heterocycles. The molecule has 6 heteroatoms. The fourth-order valence-corrected chi connectivity index (χ4v) is 4.49. The zero-order chi connectivity index (χ0) is 18.6. The number of amides is 1. The third kappa shape index (κ3) is 3.86. The summed E-state index contributed by atoms with van der Waals surface area (Å²) in [6.45, 7) is 2.56. The molecule has 0 radical (unpaired) electrons. The van der Waals surface area contributed by atoms with Crippen LogP contribution in [0.2, 0.25) is 0 Å². The third-order valence-corrected chi connectivity index (χ3v) is 5.82. The summed E-state index contributed by atoms with van der Waals surface area (Å²) in [5.74, 6) is 0.785. The number of fused-ring (bicyclic) bond motifs is 1. The van der Waals surface area contributed by atoms with Crippen LogP contribution in [0.1, 0.15) is 12.5 Å². The maximum Gasteiger partial charge on any atom is 0.237 e. The van der Waals surface area contributed by atoms with E-state index in [0.29, 0.717) is 18.2 Å². The molecule has 0 bridgehead atoms. The van der Waals surface area contributed by atoms with Crippen molar-refractivity contribution in [3.8, 4) is 5.75 Å². The highest BCUT2D eigenvalue weighted by Crippen LogP contribution is 2.34. The van der Waals surface area contributed by atoms with Crippen LogP contribution in [0.15, 0.2) is 65.4 Å². The second kappa shape index (κ2) is 7.90. The number of hydrogen-bond donors (Lipinski definition) is 0. The predicted molar refractivity (Wildman–Crippen MR) is 112 cm³/mol. The number of nitrogens with zero attached hydrogens (tertiary/aromatic N) is 2. The van der Waals surface area contributed by atoms with Crippen molar-refractivity contribution in [1.29, 1.82) is 0 Å². The number of thiazole rings is 1. The second-order valence-corrected chi connectivity index (χ2v) is 7.72. The zero-order valence-corrected chi connectivity index (χ0v) is 16.4. The van der Waals surface area contributed by atoms with Crippen LogP contribution in [0.5, 0.6) is 5.75 Å². The molecule has 0 aliphatic rings. The Morgan fingerprint density at radius 1 is 1.11 bits per heavy atom. The molecule has 0 spiro atoms. The average Bonchev–Trinajstić information content (AvgIpc) is 3.33. The normalized spacial score (nSPS) is 10.9.